The third kappa shape index (κ3) is 6.31. The Hall–Kier alpha value is -3.40. The number of nitrogens with one attached hydrogen (secondary N) is 3. The monoisotopic (exact) mass is 418 g/mol. The van der Waals surface area contributed by atoms with Gasteiger partial charge in [-0.05, 0) is 36.2 Å². The molecule has 0 bridgehead atoms. The van der Waals surface area contributed by atoms with Gasteiger partial charge in [0.1, 0.15) is 0 Å². The molecule has 7 nitrogen and oxygen atoms in total. The lowest BCUT2D eigenvalue weighted by molar-refractivity contribution is -0.137. The van der Waals surface area contributed by atoms with Crippen LogP contribution in [0.1, 0.15) is 17.5 Å². The van der Waals surface area contributed by atoms with Crippen molar-refractivity contribution in [2.75, 3.05) is 29.1 Å². The molecular weight excluding hydrogens is 397 g/mol. The van der Waals surface area contributed by atoms with Crippen molar-refractivity contribution in [3.05, 3.63) is 65.7 Å². The molecule has 1 heterocycles. The van der Waals surface area contributed by atoms with E-state index in [1.807, 2.05) is 30.3 Å². The van der Waals surface area contributed by atoms with E-state index in [4.69, 9.17) is 5.11 Å². The zero-order chi connectivity index (χ0) is 21.4. The predicted molar refractivity (Wildman–Crippen MR) is 109 cm³/mol. The van der Waals surface area contributed by atoms with Crippen molar-refractivity contribution in [3.63, 3.8) is 0 Å². The minimum Gasteiger partial charge on any atom is -0.396 e. The van der Waals surface area contributed by atoms with Crippen LogP contribution in [0.3, 0.4) is 0 Å². The Morgan fingerprint density at radius 3 is 2.23 bits per heavy atom. The number of alkyl halides is 3. The Balaban J connectivity index is 1.77. The number of benzene rings is 2. The number of hydrogen-bond donors (Lipinski definition) is 4. The van der Waals surface area contributed by atoms with E-state index in [-0.39, 0.29) is 31.0 Å². The van der Waals surface area contributed by atoms with Crippen molar-refractivity contribution in [2.45, 2.75) is 19.1 Å². The van der Waals surface area contributed by atoms with Crippen LogP contribution in [0.2, 0.25) is 0 Å². The van der Waals surface area contributed by atoms with Crippen LogP contribution >= 0.6 is 0 Å². The third-order valence-corrected chi connectivity index (χ3v) is 3.99. The molecule has 0 atom stereocenters. The maximum atomic E-state index is 12.9. The number of anilines is 4. The lowest BCUT2D eigenvalue weighted by Gasteiger charge is -2.12. The number of nitrogens with zero attached hydrogens (tertiary/aromatic N) is 3. The standard InChI is InChI=1S/C20H21F3N6O/c21-20(22,23)15-7-4-6-14(12-15)13-25-18-27-17(24-10-5-11-30)28-19(29-18)26-16-8-2-1-3-9-16/h1-4,6-9,12,30H,5,10-11,13H2,(H3,24,25,26,27,28,29). The van der Waals surface area contributed by atoms with E-state index in [9.17, 15) is 13.2 Å². The second-order valence-corrected chi connectivity index (χ2v) is 6.35. The summed E-state index contributed by atoms with van der Waals surface area (Å²) in [5.74, 6) is 0.755. The van der Waals surface area contributed by atoms with Crippen LogP contribution in [0, 0.1) is 0 Å². The van der Waals surface area contributed by atoms with Crippen LogP contribution in [0.25, 0.3) is 0 Å². The fraction of sp³-hybridized carbons (Fsp3) is 0.250. The minimum atomic E-state index is -4.40. The average Bonchev–Trinajstić information content (AvgIpc) is 2.73. The van der Waals surface area contributed by atoms with Crippen LogP contribution < -0.4 is 16.0 Å². The van der Waals surface area contributed by atoms with Crippen molar-refractivity contribution in [2.24, 2.45) is 0 Å². The van der Waals surface area contributed by atoms with Gasteiger partial charge in [0.15, 0.2) is 0 Å². The first-order valence-corrected chi connectivity index (χ1v) is 9.27. The second-order valence-electron chi connectivity index (χ2n) is 6.35. The molecule has 0 aliphatic rings. The highest BCUT2D eigenvalue weighted by Gasteiger charge is 2.30. The van der Waals surface area contributed by atoms with Gasteiger partial charge in [0.05, 0.1) is 5.56 Å². The molecule has 158 valence electrons. The van der Waals surface area contributed by atoms with Crippen LogP contribution in [-0.2, 0) is 12.7 Å². The van der Waals surface area contributed by atoms with Gasteiger partial charge in [0.25, 0.3) is 0 Å². The SMILES string of the molecule is OCCCNc1nc(NCc2cccc(C(F)(F)F)c2)nc(Nc2ccccc2)n1. The van der Waals surface area contributed by atoms with E-state index in [1.165, 1.54) is 6.07 Å². The van der Waals surface area contributed by atoms with Gasteiger partial charge in [-0.1, -0.05) is 30.3 Å². The topological polar surface area (TPSA) is 95.0 Å². The summed E-state index contributed by atoms with van der Waals surface area (Å²) in [6.45, 7) is 0.584. The van der Waals surface area contributed by atoms with Gasteiger partial charge in [0, 0.05) is 25.4 Å². The Morgan fingerprint density at radius 2 is 1.53 bits per heavy atom. The molecule has 0 saturated carbocycles. The maximum Gasteiger partial charge on any atom is 0.416 e. The van der Waals surface area contributed by atoms with Gasteiger partial charge in [-0.15, -0.1) is 0 Å². The Labute approximate surface area is 171 Å². The largest absolute Gasteiger partial charge is 0.416 e. The summed E-state index contributed by atoms with van der Waals surface area (Å²) < 4.78 is 38.7. The van der Waals surface area contributed by atoms with E-state index in [0.717, 1.165) is 17.8 Å². The zero-order valence-corrected chi connectivity index (χ0v) is 15.9. The van der Waals surface area contributed by atoms with E-state index < -0.39 is 11.7 Å². The Kier molecular flexibility index (Phi) is 7.02. The van der Waals surface area contributed by atoms with Gasteiger partial charge in [-0.3, -0.25) is 0 Å². The van der Waals surface area contributed by atoms with Gasteiger partial charge >= 0.3 is 6.18 Å². The highest BCUT2D eigenvalue weighted by Crippen LogP contribution is 2.29. The number of aliphatic hydroxyl groups is 1. The first-order valence-electron chi connectivity index (χ1n) is 9.27. The zero-order valence-electron chi connectivity index (χ0n) is 15.9. The molecule has 1 aromatic heterocycles. The normalized spacial score (nSPS) is 11.2. The smallest absolute Gasteiger partial charge is 0.396 e. The maximum absolute atomic E-state index is 12.9. The van der Waals surface area contributed by atoms with Crippen molar-refractivity contribution in [3.8, 4) is 0 Å². The summed E-state index contributed by atoms with van der Waals surface area (Å²) >= 11 is 0. The van der Waals surface area contributed by atoms with Gasteiger partial charge < -0.3 is 21.1 Å². The molecule has 0 aliphatic heterocycles. The summed E-state index contributed by atoms with van der Waals surface area (Å²) in [6.07, 6.45) is -3.89. The fourth-order valence-electron chi connectivity index (χ4n) is 2.56. The molecule has 0 saturated heterocycles. The summed E-state index contributed by atoms with van der Waals surface area (Å²) in [5, 5.41) is 17.9. The summed E-state index contributed by atoms with van der Waals surface area (Å²) in [7, 11) is 0. The second kappa shape index (κ2) is 9.88. The fourth-order valence-corrected chi connectivity index (χ4v) is 2.56. The molecule has 0 amide bonds. The van der Waals surface area contributed by atoms with Gasteiger partial charge in [-0.25, -0.2) is 0 Å². The third-order valence-electron chi connectivity index (χ3n) is 3.99. The number of hydrogen-bond acceptors (Lipinski definition) is 7. The van der Waals surface area contributed by atoms with Crippen LogP contribution in [0.15, 0.2) is 54.6 Å². The molecule has 3 aromatic rings. The molecule has 0 radical (unpaired) electrons. The first-order chi connectivity index (χ1) is 14.4. The molecule has 30 heavy (non-hydrogen) atoms. The summed E-state index contributed by atoms with van der Waals surface area (Å²) in [4.78, 5) is 12.8. The molecule has 0 aliphatic carbocycles. The highest BCUT2D eigenvalue weighted by atomic mass is 19.4. The summed E-state index contributed by atoms with van der Waals surface area (Å²) in [6, 6.07) is 14.3. The number of rotatable bonds is 9. The first kappa shape index (κ1) is 21.3. The Morgan fingerprint density at radius 1 is 0.833 bits per heavy atom. The summed E-state index contributed by atoms with van der Waals surface area (Å²) in [5.41, 5.74) is 0.502. The molecule has 0 unspecified atom stereocenters. The highest BCUT2D eigenvalue weighted by molar-refractivity contribution is 5.55. The van der Waals surface area contributed by atoms with Crippen LogP contribution in [-0.4, -0.2) is 33.2 Å². The predicted octanol–water partition coefficient (Wildman–Crippen LogP) is 4.04. The number of para-hydroxylation sites is 1. The molecule has 10 heteroatoms. The Bertz CT molecular complexity index is 953. The minimum absolute atomic E-state index is 0.0217. The quantitative estimate of drug-likeness (QED) is 0.390. The molecule has 3 rings (SSSR count). The van der Waals surface area contributed by atoms with E-state index in [2.05, 4.69) is 30.9 Å². The lowest BCUT2D eigenvalue weighted by Crippen LogP contribution is -2.13. The van der Waals surface area contributed by atoms with Gasteiger partial charge in [-0.2, -0.15) is 28.1 Å². The molecule has 0 fully saturated rings. The average molecular weight is 418 g/mol. The number of aliphatic hydroxyl groups excluding tert-OH is 1. The van der Waals surface area contributed by atoms with Crippen molar-refractivity contribution in [1.82, 2.24) is 15.0 Å². The molecule has 4 N–H and O–H groups in total. The van der Waals surface area contributed by atoms with Crippen molar-refractivity contribution in [1.29, 1.82) is 0 Å². The molecular formula is C20H21F3N6O. The molecule has 0 spiro atoms. The van der Waals surface area contributed by atoms with E-state index >= 15 is 0 Å². The molecule has 2 aromatic carbocycles. The number of aromatic nitrogens is 3. The van der Waals surface area contributed by atoms with E-state index in [1.54, 1.807) is 6.07 Å². The lowest BCUT2D eigenvalue weighted by atomic mass is 10.1. The number of halogens is 3. The van der Waals surface area contributed by atoms with Crippen molar-refractivity contribution >= 4 is 23.5 Å². The van der Waals surface area contributed by atoms with Gasteiger partial charge in [0.2, 0.25) is 17.8 Å². The van der Waals surface area contributed by atoms with Crippen LogP contribution in [0.5, 0.6) is 0 Å². The van der Waals surface area contributed by atoms with Crippen LogP contribution in [0.4, 0.5) is 36.7 Å². The van der Waals surface area contributed by atoms with E-state index in [0.29, 0.717) is 18.5 Å². The van der Waals surface area contributed by atoms with Crippen molar-refractivity contribution < 1.29 is 18.3 Å².